The Bertz CT molecular complexity index is 340. The first kappa shape index (κ1) is 14.4. The minimum absolute atomic E-state index is 0.348. The van der Waals surface area contributed by atoms with Crippen LogP contribution in [0, 0.1) is 0 Å². The molecule has 0 unspecified atom stereocenters. The predicted molar refractivity (Wildman–Crippen MR) is 70.3 cm³/mol. The average molecular weight is 251 g/mol. The number of amides is 1. The zero-order chi connectivity index (χ0) is 13.2. The number of para-hydroxylation sites is 1. The molecule has 0 radical (unpaired) electrons. The molecular weight excluding hydrogens is 230 g/mol. The van der Waals surface area contributed by atoms with Crippen LogP contribution in [0.2, 0.25) is 0 Å². The lowest BCUT2D eigenvalue weighted by Crippen LogP contribution is -2.35. The van der Waals surface area contributed by atoms with Gasteiger partial charge in [-0.3, -0.25) is 0 Å². The molecule has 0 aliphatic carbocycles. The Morgan fingerprint density at radius 2 is 1.89 bits per heavy atom. The van der Waals surface area contributed by atoms with Crippen LogP contribution in [0.5, 0.6) is 5.75 Å². The maximum Gasteiger partial charge on any atom is 0.443 e. The van der Waals surface area contributed by atoms with Gasteiger partial charge in [-0.2, -0.15) is 0 Å². The summed E-state index contributed by atoms with van der Waals surface area (Å²) in [7, 11) is 0. The van der Waals surface area contributed by atoms with Gasteiger partial charge in [0.25, 0.3) is 0 Å². The molecular formula is C14H21NO3. The third-order valence-corrected chi connectivity index (χ3v) is 2.40. The van der Waals surface area contributed by atoms with Crippen LogP contribution in [-0.2, 0) is 4.74 Å². The van der Waals surface area contributed by atoms with Crippen molar-refractivity contribution < 1.29 is 14.4 Å². The quantitative estimate of drug-likeness (QED) is 0.548. The van der Waals surface area contributed by atoms with Gasteiger partial charge in [0.15, 0.2) is 5.75 Å². The normalized spacial score (nSPS) is 9.89. The molecule has 0 atom stereocenters. The van der Waals surface area contributed by atoms with E-state index in [1.807, 2.05) is 30.3 Å². The summed E-state index contributed by atoms with van der Waals surface area (Å²) in [6, 6.07) is 9.26. The Kier molecular flexibility index (Phi) is 6.69. The fourth-order valence-electron chi connectivity index (χ4n) is 1.48. The number of carbonyl (C=O) groups is 1. The summed E-state index contributed by atoms with van der Waals surface area (Å²) in [5.74, 6) is 0.641. The molecule has 1 rings (SSSR count). The van der Waals surface area contributed by atoms with Crippen molar-refractivity contribution in [2.45, 2.75) is 33.1 Å². The number of hydrogen-bond donors (Lipinski definition) is 0. The highest BCUT2D eigenvalue weighted by atomic mass is 16.7. The fourth-order valence-corrected chi connectivity index (χ4v) is 1.48. The maximum atomic E-state index is 11.7. The van der Waals surface area contributed by atoms with Gasteiger partial charge in [0.2, 0.25) is 0 Å². The Labute approximate surface area is 108 Å². The number of hydrogen-bond acceptors (Lipinski definition) is 3. The molecule has 0 saturated heterocycles. The van der Waals surface area contributed by atoms with Crippen LogP contribution in [0.25, 0.3) is 0 Å². The highest BCUT2D eigenvalue weighted by Gasteiger charge is 2.16. The van der Waals surface area contributed by atoms with E-state index >= 15 is 0 Å². The number of hydroxylamine groups is 2. The molecule has 0 fully saturated rings. The molecule has 18 heavy (non-hydrogen) atoms. The van der Waals surface area contributed by atoms with E-state index in [1.54, 1.807) is 6.92 Å². The highest BCUT2D eigenvalue weighted by Crippen LogP contribution is 2.12. The van der Waals surface area contributed by atoms with Crippen LogP contribution < -0.4 is 4.84 Å². The first-order valence-corrected chi connectivity index (χ1v) is 6.45. The van der Waals surface area contributed by atoms with Crippen LogP contribution in [0.3, 0.4) is 0 Å². The molecule has 1 aromatic carbocycles. The van der Waals surface area contributed by atoms with Crippen molar-refractivity contribution >= 4 is 6.09 Å². The summed E-state index contributed by atoms with van der Waals surface area (Å²) < 4.78 is 4.97. The molecule has 100 valence electrons. The van der Waals surface area contributed by atoms with Crippen LogP contribution in [0.15, 0.2) is 30.3 Å². The smallest absolute Gasteiger partial charge is 0.443 e. The van der Waals surface area contributed by atoms with E-state index < -0.39 is 6.09 Å². The van der Waals surface area contributed by atoms with Gasteiger partial charge < -0.3 is 9.57 Å². The predicted octanol–water partition coefficient (Wildman–Crippen LogP) is 3.63. The van der Waals surface area contributed by atoms with Crippen molar-refractivity contribution in [1.29, 1.82) is 0 Å². The summed E-state index contributed by atoms with van der Waals surface area (Å²) in [6.45, 7) is 4.79. The first-order valence-electron chi connectivity index (χ1n) is 6.45. The number of ether oxygens (including phenoxy) is 1. The molecule has 0 spiro atoms. The van der Waals surface area contributed by atoms with Gasteiger partial charge in [-0.15, -0.1) is 5.06 Å². The summed E-state index contributed by atoms with van der Waals surface area (Å²) in [5, 5.41) is 1.29. The topological polar surface area (TPSA) is 38.8 Å². The van der Waals surface area contributed by atoms with Gasteiger partial charge in [0.05, 0.1) is 13.2 Å². The lowest BCUT2D eigenvalue weighted by Gasteiger charge is -2.21. The molecule has 0 N–H and O–H groups in total. The summed E-state index contributed by atoms with van der Waals surface area (Å²) in [4.78, 5) is 17.3. The monoisotopic (exact) mass is 251 g/mol. The second-order valence-corrected chi connectivity index (χ2v) is 3.91. The van der Waals surface area contributed by atoms with Crippen molar-refractivity contribution in [3.8, 4) is 5.75 Å². The summed E-state index contributed by atoms with van der Waals surface area (Å²) >= 11 is 0. The van der Waals surface area contributed by atoms with Crippen LogP contribution in [0.4, 0.5) is 4.79 Å². The molecule has 0 aliphatic heterocycles. The maximum absolute atomic E-state index is 11.7. The minimum atomic E-state index is -0.433. The highest BCUT2D eigenvalue weighted by molar-refractivity contribution is 5.66. The minimum Gasteiger partial charge on any atom is -0.448 e. The van der Waals surface area contributed by atoms with E-state index in [2.05, 4.69) is 6.92 Å². The second-order valence-electron chi connectivity index (χ2n) is 3.91. The third kappa shape index (κ3) is 5.08. The van der Waals surface area contributed by atoms with Crippen LogP contribution in [0.1, 0.15) is 33.1 Å². The average Bonchev–Trinajstić information content (AvgIpc) is 2.39. The molecule has 4 heteroatoms. The van der Waals surface area contributed by atoms with E-state index in [-0.39, 0.29) is 0 Å². The second kappa shape index (κ2) is 8.39. The molecule has 0 aromatic heterocycles. The van der Waals surface area contributed by atoms with Gasteiger partial charge in [0.1, 0.15) is 0 Å². The van der Waals surface area contributed by atoms with E-state index in [0.29, 0.717) is 18.9 Å². The Morgan fingerprint density at radius 3 is 2.50 bits per heavy atom. The van der Waals surface area contributed by atoms with Crippen molar-refractivity contribution in [3.63, 3.8) is 0 Å². The Morgan fingerprint density at radius 1 is 1.17 bits per heavy atom. The lowest BCUT2D eigenvalue weighted by atomic mass is 10.2. The van der Waals surface area contributed by atoms with Gasteiger partial charge in [-0.25, -0.2) is 4.79 Å². The number of nitrogens with zero attached hydrogens (tertiary/aromatic N) is 1. The molecule has 4 nitrogen and oxygen atoms in total. The third-order valence-electron chi connectivity index (χ3n) is 2.40. The molecule has 1 amide bonds. The van der Waals surface area contributed by atoms with Gasteiger partial charge in [0, 0.05) is 0 Å². The van der Waals surface area contributed by atoms with Gasteiger partial charge in [-0.05, 0) is 25.5 Å². The lowest BCUT2D eigenvalue weighted by molar-refractivity contribution is -0.0478. The van der Waals surface area contributed by atoms with Crippen molar-refractivity contribution in [2.75, 3.05) is 13.2 Å². The molecule has 0 saturated carbocycles. The van der Waals surface area contributed by atoms with E-state index in [4.69, 9.17) is 9.57 Å². The number of unbranched alkanes of at least 4 members (excludes halogenated alkanes) is 2. The largest absolute Gasteiger partial charge is 0.448 e. The van der Waals surface area contributed by atoms with E-state index in [0.717, 1.165) is 19.3 Å². The van der Waals surface area contributed by atoms with Crippen LogP contribution in [-0.4, -0.2) is 24.3 Å². The number of rotatable bonds is 7. The van der Waals surface area contributed by atoms with Gasteiger partial charge >= 0.3 is 6.09 Å². The van der Waals surface area contributed by atoms with E-state index in [1.165, 1.54) is 5.06 Å². The van der Waals surface area contributed by atoms with Gasteiger partial charge in [-0.1, -0.05) is 38.0 Å². The van der Waals surface area contributed by atoms with E-state index in [9.17, 15) is 4.79 Å². The zero-order valence-electron chi connectivity index (χ0n) is 11.1. The number of carbonyl (C=O) groups excluding carboxylic acids is 1. The molecule has 0 heterocycles. The number of benzene rings is 1. The van der Waals surface area contributed by atoms with Crippen molar-refractivity contribution in [3.05, 3.63) is 30.3 Å². The van der Waals surface area contributed by atoms with Crippen molar-refractivity contribution in [2.24, 2.45) is 0 Å². The summed E-state index contributed by atoms with van der Waals surface area (Å²) in [6.07, 6.45) is 2.63. The van der Waals surface area contributed by atoms with Crippen molar-refractivity contribution in [1.82, 2.24) is 5.06 Å². The standard InChI is InChI=1S/C14H21NO3/c1-3-5-9-12-15(14(16)17-4-2)18-13-10-7-6-8-11-13/h6-8,10-11H,3-5,9,12H2,1-2H3. The first-order chi connectivity index (χ1) is 8.77. The molecule has 0 aliphatic rings. The molecule has 0 bridgehead atoms. The molecule has 1 aromatic rings. The van der Waals surface area contributed by atoms with Crippen LogP contribution >= 0.6 is 0 Å². The zero-order valence-corrected chi connectivity index (χ0v) is 11.1. The fraction of sp³-hybridized carbons (Fsp3) is 0.500. The summed E-state index contributed by atoms with van der Waals surface area (Å²) in [5.41, 5.74) is 0. The Balaban J connectivity index is 2.56. The SMILES string of the molecule is CCCCCN(Oc1ccccc1)C(=O)OCC. The Hall–Kier alpha value is -1.71.